The maximum atomic E-state index is 10.3. The summed E-state index contributed by atoms with van der Waals surface area (Å²) in [6.45, 7) is 3.23. The number of aromatic nitrogens is 2. The fraction of sp³-hybridized carbons (Fsp3) is 0.263. The van der Waals surface area contributed by atoms with Crippen LogP contribution in [0.25, 0.3) is 22.2 Å². The van der Waals surface area contributed by atoms with Crippen molar-refractivity contribution in [2.24, 2.45) is 0 Å². The molecule has 1 aliphatic rings. The topological polar surface area (TPSA) is 75.9 Å². The summed E-state index contributed by atoms with van der Waals surface area (Å²) < 4.78 is 0. The number of H-pyrrole nitrogens is 1. The number of nitrogens with zero attached hydrogens (tertiary/aromatic N) is 3. The van der Waals surface area contributed by atoms with E-state index in [-0.39, 0.29) is 18.3 Å². The normalized spacial score (nSPS) is 14.4. The molecule has 5 nitrogen and oxygen atoms in total. The van der Waals surface area contributed by atoms with Gasteiger partial charge < -0.3 is 10.1 Å². The lowest BCUT2D eigenvalue weighted by molar-refractivity contribution is 0.331. The van der Waals surface area contributed by atoms with Gasteiger partial charge in [-0.05, 0) is 55.8 Å². The number of likely N-dealkylation sites (tertiary alicyclic amines) is 1. The van der Waals surface area contributed by atoms with Gasteiger partial charge in [0, 0.05) is 23.6 Å². The molecule has 128 valence electrons. The quantitative estimate of drug-likeness (QED) is 0.749. The second kappa shape index (κ2) is 7.14. The second-order valence-corrected chi connectivity index (χ2v) is 6.26. The van der Waals surface area contributed by atoms with Crippen LogP contribution < -0.4 is 0 Å². The van der Waals surface area contributed by atoms with Crippen LogP contribution >= 0.6 is 12.4 Å². The van der Waals surface area contributed by atoms with Gasteiger partial charge in [0.2, 0.25) is 0 Å². The number of pyridine rings is 1. The van der Waals surface area contributed by atoms with E-state index in [0.29, 0.717) is 16.8 Å². The summed E-state index contributed by atoms with van der Waals surface area (Å²) in [6, 6.07) is 11.4. The van der Waals surface area contributed by atoms with E-state index < -0.39 is 0 Å². The van der Waals surface area contributed by atoms with Crippen molar-refractivity contribution >= 4 is 23.3 Å². The van der Waals surface area contributed by atoms with Gasteiger partial charge in [-0.25, -0.2) is 0 Å². The Morgan fingerprint density at radius 2 is 2.00 bits per heavy atom. The zero-order chi connectivity index (χ0) is 16.5. The van der Waals surface area contributed by atoms with Gasteiger partial charge in [0.15, 0.2) is 5.88 Å². The Balaban J connectivity index is 0.00000182. The molecule has 1 aromatic carbocycles. The summed E-state index contributed by atoms with van der Waals surface area (Å²) in [5.74, 6) is 0.0832. The number of aromatic hydroxyl groups is 1. The molecule has 0 bridgehead atoms. The lowest BCUT2D eigenvalue weighted by atomic mass is 10.1. The first-order chi connectivity index (χ1) is 11.7. The van der Waals surface area contributed by atoms with Gasteiger partial charge in [-0.2, -0.15) is 5.26 Å². The van der Waals surface area contributed by atoms with Crippen LogP contribution in [0.2, 0.25) is 0 Å². The molecule has 4 rings (SSSR count). The van der Waals surface area contributed by atoms with Gasteiger partial charge in [-0.15, -0.1) is 12.4 Å². The molecule has 0 aliphatic carbocycles. The number of benzene rings is 1. The lowest BCUT2D eigenvalue weighted by Crippen LogP contribution is -2.18. The Kier molecular flexibility index (Phi) is 4.93. The highest BCUT2D eigenvalue weighted by molar-refractivity contribution is 5.98. The molecule has 0 saturated carbocycles. The first-order valence-corrected chi connectivity index (χ1v) is 8.17. The fourth-order valence-electron chi connectivity index (χ4n) is 3.37. The lowest BCUT2D eigenvalue weighted by Gasteiger charge is -2.14. The van der Waals surface area contributed by atoms with Crippen LogP contribution in [-0.4, -0.2) is 33.1 Å². The highest BCUT2D eigenvalue weighted by Gasteiger charge is 2.16. The summed E-state index contributed by atoms with van der Waals surface area (Å²) in [4.78, 5) is 9.92. The number of nitriles is 1. The van der Waals surface area contributed by atoms with Crippen LogP contribution in [0.3, 0.4) is 0 Å². The zero-order valence-electron chi connectivity index (χ0n) is 13.7. The van der Waals surface area contributed by atoms with Crippen LogP contribution in [0.4, 0.5) is 0 Å². The molecule has 3 heterocycles. The molecule has 0 radical (unpaired) electrons. The van der Waals surface area contributed by atoms with Crippen LogP contribution in [-0.2, 0) is 6.54 Å². The molecule has 1 aliphatic heterocycles. The van der Waals surface area contributed by atoms with Crippen LogP contribution in [0.1, 0.15) is 24.0 Å². The van der Waals surface area contributed by atoms with E-state index in [2.05, 4.69) is 27.0 Å². The van der Waals surface area contributed by atoms with Crippen molar-refractivity contribution in [3.8, 4) is 23.2 Å². The average molecular weight is 355 g/mol. The maximum Gasteiger partial charge on any atom is 0.199 e. The van der Waals surface area contributed by atoms with Gasteiger partial charge in [0.05, 0.1) is 22.9 Å². The maximum absolute atomic E-state index is 10.3. The van der Waals surface area contributed by atoms with Crippen molar-refractivity contribution < 1.29 is 5.11 Å². The molecule has 1 saturated heterocycles. The van der Waals surface area contributed by atoms with Crippen LogP contribution in [0.5, 0.6) is 5.88 Å². The van der Waals surface area contributed by atoms with Gasteiger partial charge in [-0.3, -0.25) is 9.88 Å². The number of aromatic amines is 1. The Labute approximate surface area is 152 Å². The Bertz CT molecular complexity index is 921. The smallest absolute Gasteiger partial charge is 0.199 e. The standard InChI is InChI=1S/C19H18N4O.ClH/c20-10-13-3-5-16-15(9-13)18(19(24)22-16)17-6-4-14(11-21-17)12-23-7-1-2-8-23;/h3-6,9,11,22,24H,1-2,7-8,12H2;1H. The molecular weight excluding hydrogens is 336 g/mol. The van der Waals surface area contributed by atoms with E-state index in [1.165, 1.54) is 18.4 Å². The minimum atomic E-state index is 0. The van der Waals surface area contributed by atoms with Crippen molar-refractivity contribution in [2.75, 3.05) is 13.1 Å². The predicted molar refractivity (Wildman–Crippen MR) is 99.7 cm³/mol. The molecule has 0 atom stereocenters. The molecular formula is C19H19ClN4O. The molecule has 0 unspecified atom stereocenters. The number of nitrogens with one attached hydrogen (secondary N) is 1. The number of hydrogen-bond donors (Lipinski definition) is 2. The largest absolute Gasteiger partial charge is 0.494 e. The van der Waals surface area contributed by atoms with E-state index in [4.69, 9.17) is 5.26 Å². The van der Waals surface area contributed by atoms with Gasteiger partial charge >= 0.3 is 0 Å². The third-order valence-corrected chi connectivity index (χ3v) is 4.59. The predicted octanol–water partition coefficient (Wildman–Crippen LogP) is 3.82. The van der Waals surface area contributed by atoms with Gasteiger partial charge in [-0.1, -0.05) is 6.07 Å². The number of hydrogen-bond acceptors (Lipinski definition) is 4. The molecule has 0 amide bonds. The first-order valence-electron chi connectivity index (χ1n) is 8.17. The monoisotopic (exact) mass is 354 g/mol. The summed E-state index contributed by atoms with van der Waals surface area (Å²) in [5.41, 5.74) is 3.89. The number of halogens is 1. The molecule has 1 fully saturated rings. The zero-order valence-corrected chi connectivity index (χ0v) is 14.5. The minimum absolute atomic E-state index is 0. The number of fused-ring (bicyclic) bond motifs is 1. The Morgan fingerprint density at radius 1 is 1.20 bits per heavy atom. The molecule has 25 heavy (non-hydrogen) atoms. The van der Waals surface area contributed by atoms with Crippen molar-refractivity contribution in [3.63, 3.8) is 0 Å². The van der Waals surface area contributed by atoms with Crippen molar-refractivity contribution in [2.45, 2.75) is 19.4 Å². The van der Waals surface area contributed by atoms with Crippen LogP contribution in [0.15, 0.2) is 36.5 Å². The fourth-order valence-corrected chi connectivity index (χ4v) is 3.37. The van der Waals surface area contributed by atoms with Gasteiger partial charge in [0.1, 0.15) is 0 Å². The number of rotatable bonds is 3. The van der Waals surface area contributed by atoms with Crippen molar-refractivity contribution in [1.29, 1.82) is 5.26 Å². The van der Waals surface area contributed by atoms with Gasteiger partial charge in [0.25, 0.3) is 0 Å². The minimum Gasteiger partial charge on any atom is -0.494 e. The first kappa shape index (κ1) is 17.3. The second-order valence-electron chi connectivity index (χ2n) is 6.26. The van der Waals surface area contributed by atoms with E-state index in [9.17, 15) is 5.11 Å². The Morgan fingerprint density at radius 3 is 2.68 bits per heavy atom. The summed E-state index contributed by atoms with van der Waals surface area (Å²) in [5, 5.41) is 20.2. The Hall–Kier alpha value is -2.55. The molecule has 2 aromatic heterocycles. The van der Waals surface area contributed by atoms with E-state index in [1.807, 2.05) is 12.3 Å². The van der Waals surface area contributed by atoms with Crippen molar-refractivity contribution in [3.05, 3.63) is 47.7 Å². The van der Waals surface area contributed by atoms with E-state index >= 15 is 0 Å². The third-order valence-electron chi connectivity index (χ3n) is 4.59. The molecule has 6 heteroatoms. The highest BCUT2D eigenvalue weighted by Crippen LogP contribution is 2.36. The highest BCUT2D eigenvalue weighted by atomic mass is 35.5. The van der Waals surface area contributed by atoms with E-state index in [0.717, 1.165) is 30.5 Å². The molecule has 0 spiro atoms. The average Bonchev–Trinajstić information content (AvgIpc) is 3.22. The third kappa shape index (κ3) is 3.32. The SMILES string of the molecule is Cl.N#Cc1ccc2[nH]c(O)c(-c3ccc(CN4CCCC4)cn3)c2c1. The van der Waals surface area contributed by atoms with E-state index in [1.54, 1.807) is 18.2 Å². The summed E-state index contributed by atoms with van der Waals surface area (Å²) in [7, 11) is 0. The summed E-state index contributed by atoms with van der Waals surface area (Å²) in [6.07, 6.45) is 4.42. The molecule has 3 aromatic rings. The molecule has 2 N–H and O–H groups in total. The van der Waals surface area contributed by atoms with Crippen LogP contribution in [0, 0.1) is 11.3 Å². The van der Waals surface area contributed by atoms with Crippen molar-refractivity contribution in [1.82, 2.24) is 14.9 Å². The summed E-state index contributed by atoms with van der Waals surface area (Å²) >= 11 is 0.